The lowest BCUT2D eigenvalue weighted by Gasteiger charge is -2.32. The van der Waals surface area contributed by atoms with E-state index in [9.17, 15) is 4.79 Å². The molecular weight excluding hydrogens is 398 g/mol. The van der Waals surface area contributed by atoms with Crippen molar-refractivity contribution >= 4 is 23.3 Å². The molecule has 1 aliphatic carbocycles. The van der Waals surface area contributed by atoms with Crippen molar-refractivity contribution in [2.45, 2.75) is 91.6 Å². The fourth-order valence-electron chi connectivity index (χ4n) is 3.89. The van der Waals surface area contributed by atoms with E-state index in [1.165, 1.54) is 36.4 Å². The van der Waals surface area contributed by atoms with Crippen molar-refractivity contribution in [2.75, 3.05) is 13.2 Å². The minimum Gasteiger partial charge on any atom is -0.490 e. The molecule has 0 fully saturated rings. The topological polar surface area (TPSA) is 57.7 Å². The second-order valence-electron chi connectivity index (χ2n) is 8.49. The molecular formula is C24H39NO4S. The SMILES string of the molecule is CCCCCCOc1csnc1C1=CCCC(C(OC(=O)OCCCC)C(C)C)C1. The van der Waals surface area contributed by atoms with Gasteiger partial charge in [-0.2, -0.15) is 4.37 Å². The fourth-order valence-corrected chi connectivity index (χ4v) is 4.53. The van der Waals surface area contributed by atoms with Gasteiger partial charge in [0.25, 0.3) is 0 Å². The van der Waals surface area contributed by atoms with Gasteiger partial charge in [0.05, 0.1) is 18.6 Å². The summed E-state index contributed by atoms with van der Waals surface area (Å²) in [6.45, 7) is 9.67. The first-order chi connectivity index (χ1) is 14.6. The molecule has 2 unspecified atom stereocenters. The lowest BCUT2D eigenvalue weighted by Crippen LogP contribution is -2.33. The molecule has 6 heteroatoms. The van der Waals surface area contributed by atoms with Crippen LogP contribution >= 0.6 is 11.5 Å². The Labute approximate surface area is 186 Å². The maximum atomic E-state index is 12.1. The average molecular weight is 438 g/mol. The molecule has 170 valence electrons. The molecule has 0 radical (unpaired) electrons. The Morgan fingerprint density at radius 2 is 1.97 bits per heavy atom. The lowest BCUT2D eigenvalue weighted by atomic mass is 9.80. The van der Waals surface area contributed by atoms with Crippen molar-refractivity contribution in [3.05, 3.63) is 17.2 Å². The summed E-state index contributed by atoms with van der Waals surface area (Å²) in [5.41, 5.74) is 2.18. The largest absolute Gasteiger partial charge is 0.508 e. The molecule has 0 saturated heterocycles. The number of carbonyl (C=O) groups excluding carboxylic acids is 1. The molecule has 2 atom stereocenters. The van der Waals surface area contributed by atoms with Gasteiger partial charge in [-0.15, -0.1) is 0 Å². The Morgan fingerprint density at radius 3 is 2.70 bits per heavy atom. The molecule has 1 heterocycles. The molecule has 1 aromatic rings. The zero-order chi connectivity index (χ0) is 21.8. The van der Waals surface area contributed by atoms with E-state index in [4.69, 9.17) is 14.2 Å². The monoisotopic (exact) mass is 437 g/mol. The lowest BCUT2D eigenvalue weighted by molar-refractivity contribution is -0.0186. The quantitative estimate of drug-likeness (QED) is 0.240. The Kier molecular flexibility index (Phi) is 11.3. The van der Waals surface area contributed by atoms with Crippen LogP contribution in [0.1, 0.15) is 91.2 Å². The predicted molar refractivity (Wildman–Crippen MR) is 123 cm³/mol. The van der Waals surface area contributed by atoms with Crippen LogP contribution in [0.3, 0.4) is 0 Å². The summed E-state index contributed by atoms with van der Waals surface area (Å²) >= 11 is 1.44. The van der Waals surface area contributed by atoms with E-state index >= 15 is 0 Å². The Morgan fingerprint density at radius 1 is 1.17 bits per heavy atom. The number of aromatic nitrogens is 1. The summed E-state index contributed by atoms with van der Waals surface area (Å²) < 4.78 is 21.7. The Balaban J connectivity index is 1.95. The number of allylic oxidation sites excluding steroid dienone is 2. The molecule has 0 saturated carbocycles. The van der Waals surface area contributed by atoms with Crippen molar-refractivity contribution in [2.24, 2.45) is 11.8 Å². The van der Waals surface area contributed by atoms with Crippen LogP contribution < -0.4 is 4.74 Å². The molecule has 30 heavy (non-hydrogen) atoms. The molecule has 0 spiro atoms. The number of rotatable bonds is 13. The number of nitrogens with zero attached hydrogens (tertiary/aromatic N) is 1. The van der Waals surface area contributed by atoms with Gasteiger partial charge in [0.2, 0.25) is 0 Å². The van der Waals surface area contributed by atoms with Gasteiger partial charge < -0.3 is 14.2 Å². The fraction of sp³-hybridized carbons (Fsp3) is 0.750. The zero-order valence-corrected chi connectivity index (χ0v) is 20.0. The zero-order valence-electron chi connectivity index (χ0n) is 19.2. The maximum Gasteiger partial charge on any atom is 0.508 e. The number of ether oxygens (including phenoxy) is 3. The van der Waals surface area contributed by atoms with Gasteiger partial charge in [-0.25, -0.2) is 4.79 Å². The molecule has 1 aromatic heterocycles. The van der Waals surface area contributed by atoms with Gasteiger partial charge in [0, 0.05) is 5.92 Å². The third-order valence-electron chi connectivity index (χ3n) is 5.58. The first kappa shape index (κ1) is 24.7. The third kappa shape index (κ3) is 7.93. The molecule has 0 N–H and O–H groups in total. The molecule has 2 rings (SSSR count). The van der Waals surface area contributed by atoms with Gasteiger partial charge in [-0.3, -0.25) is 0 Å². The third-order valence-corrected chi connectivity index (χ3v) is 6.19. The second kappa shape index (κ2) is 13.7. The number of hydrogen-bond donors (Lipinski definition) is 0. The van der Waals surface area contributed by atoms with Crippen molar-refractivity contribution < 1.29 is 19.0 Å². The summed E-state index contributed by atoms with van der Waals surface area (Å²) in [7, 11) is 0. The van der Waals surface area contributed by atoms with Crippen LogP contribution in [0.25, 0.3) is 5.57 Å². The van der Waals surface area contributed by atoms with E-state index in [2.05, 4.69) is 38.1 Å². The predicted octanol–water partition coefficient (Wildman–Crippen LogP) is 7.26. The molecule has 0 aromatic carbocycles. The van der Waals surface area contributed by atoms with Crippen LogP contribution in [-0.4, -0.2) is 29.8 Å². The van der Waals surface area contributed by atoms with Crippen LogP contribution in [0.2, 0.25) is 0 Å². The standard InChI is InChI=1S/C24H39NO4S/c1-5-7-9-10-15-27-21-17-30-25-22(21)19-12-11-13-20(16-19)23(18(3)4)29-24(26)28-14-8-6-2/h12,17-18,20,23H,5-11,13-16H2,1-4H3. The van der Waals surface area contributed by atoms with Gasteiger partial charge in [0.15, 0.2) is 5.75 Å². The van der Waals surface area contributed by atoms with Crippen LogP contribution in [0.15, 0.2) is 11.5 Å². The van der Waals surface area contributed by atoms with Crippen LogP contribution in [0, 0.1) is 11.8 Å². The van der Waals surface area contributed by atoms with E-state index in [0.717, 1.165) is 56.6 Å². The van der Waals surface area contributed by atoms with E-state index in [1.54, 1.807) is 0 Å². The summed E-state index contributed by atoms with van der Waals surface area (Å²) in [6, 6.07) is 0. The summed E-state index contributed by atoms with van der Waals surface area (Å²) in [4.78, 5) is 12.1. The first-order valence-corrected chi connectivity index (χ1v) is 12.5. The van der Waals surface area contributed by atoms with Gasteiger partial charge in [-0.1, -0.05) is 59.5 Å². The molecule has 0 aliphatic heterocycles. The highest BCUT2D eigenvalue weighted by Gasteiger charge is 2.32. The molecule has 5 nitrogen and oxygen atoms in total. The van der Waals surface area contributed by atoms with Crippen LogP contribution in [-0.2, 0) is 9.47 Å². The van der Waals surface area contributed by atoms with Crippen molar-refractivity contribution in [1.29, 1.82) is 0 Å². The number of hydrogen-bond acceptors (Lipinski definition) is 6. The number of carbonyl (C=O) groups is 1. The number of unbranched alkanes of at least 4 members (excludes halogenated alkanes) is 4. The van der Waals surface area contributed by atoms with Gasteiger partial charge >= 0.3 is 6.16 Å². The average Bonchev–Trinajstić information content (AvgIpc) is 3.20. The van der Waals surface area contributed by atoms with Crippen molar-refractivity contribution in [3.63, 3.8) is 0 Å². The highest BCUT2D eigenvalue weighted by molar-refractivity contribution is 7.04. The molecule has 0 bridgehead atoms. The van der Waals surface area contributed by atoms with E-state index in [-0.39, 0.29) is 17.9 Å². The Bertz CT molecular complexity index is 655. The van der Waals surface area contributed by atoms with Crippen LogP contribution in [0.5, 0.6) is 5.75 Å². The highest BCUT2D eigenvalue weighted by atomic mass is 32.1. The molecule has 0 amide bonds. The van der Waals surface area contributed by atoms with Gasteiger partial charge in [0.1, 0.15) is 11.8 Å². The highest BCUT2D eigenvalue weighted by Crippen LogP contribution is 2.39. The van der Waals surface area contributed by atoms with Crippen molar-refractivity contribution in [3.8, 4) is 5.75 Å². The van der Waals surface area contributed by atoms with E-state index < -0.39 is 6.16 Å². The summed E-state index contributed by atoms with van der Waals surface area (Å²) in [5.74, 6) is 1.39. The molecule has 1 aliphatic rings. The minimum atomic E-state index is -0.539. The Hall–Kier alpha value is -1.56. The first-order valence-electron chi connectivity index (χ1n) is 11.7. The van der Waals surface area contributed by atoms with Crippen LogP contribution in [0.4, 0.5) is 4.79 Å². The van der Waals surface area contributed by atoms with Gasteiger partial charge in [-0.05, 0) is 55.1 Å². The smallest absolute Gasteiger partial charge is 0.490 e. The minimum absolute atomic E-state index is 0.153. The summed E-state index contributed by atoms with van der Waals surface area (Å²) in [5, 5.41) is 2.00. The van der Waals surface area contributed by atoms with E-state index in [1.807, 2.05) is 5.38 Å². The van der Waals surface area contributed by atoms with E-state index in [0.29, 0.717) is 6.61 Å². The maximum absolute atomic E-state index is 12.1. The second-order valence-corrected chi connectivity index (χ2v) is 9.12. The normalized spacial score (nSPS) is 17.5. The summed E-state index contributed by atoms with van der Waals surface area (Å²) in [6.07, 6.45) is 11.0. The van der Waals surface area contributed by atoms with Crippen molar-refractivity contribution in [1.82, 2.24) is 4.37 Å².